The number of oxazole rings is 1. The molecule has 0 aliphatic carbocycles. The van der Waals surface area contributed by atoms with E-state index in [0.717, 1.165) is 33.7 Å². The molecule has 34 heavy (non-hydrogen) atoms. The Balaban J connectivity index is 1.57. The van der Waals surface area contributed by atoms with Gasteiger partial charge in [0.15, 0.2) is 5.58 Å². The number of aromatic nitrogens is 1. The van der Waals surface area contributed by atoms with Gasteiger partial charge in [-0.25, -0.2) is 4.98 Å². The fourth-order valence-corrected chi connectivity index (χ4v) is 4.86. The highest BCUT2D eigenvalue weighted by atomic mass is 32.2. The highest BCUT2D eigenvalue weighted by molar-refractivity contribution is 7.99. The molecule has 4 aromatic rings. The smallest absolute Gasteiger partial charge is 0.416 e. The number of thioether (sulfide) groups is 1. The van der Waals surface area contributed by atoms with Crippen LogP contribution in [0.4, 0.5) is 13.2 Å². The molecule has 3 aromatic carbocycles. The SMILES string of the molecule is Cc1cc(SC(C)c2cccc3nc(-c4ccc(C(F)(F)F)cc4)oc23)ccc1CCC(=O)O. The van der Waals surface area contributed by atoms with Gasteiger partial charge in [-0.05, 0) is 73.9 Å². The normalized spacial score (nSPS) is 12.7. The molecule has 0 aliphatic heterocycles. The van der Waals surface area contributed by atoms with Crippen LogP contribution < -0.4 is 0 Å². The molecule has 0 radical (unpaired) electrons. The highest BCUT2D eigenvalue weighted by Gasteiger charge is 2.30. The third kappa shape index (κ3) is 5.28. The molecule has 1 heterocycles. The first-order chi connectivity index (χ1) is 16.1. The molecule has 0 saturated carbocycles. The average molecular weight is 486 g/mol. The number of rotatable bonds is 7. The number of para-hydroxylation sites is 1. The van der Waals surface area contributed by atoms with Crippen LogP contribution in [0.1, 0.15) is 40.8 Å². The number of hydrogen-bond donors (Lipinski definition) is 1. The molecule has 0 fully saturated rings. The summed E-state index contributed by atoms with van der Waals surface area (Å²) < 4.78 is 44.6. The number of carboxylic acids is 1. The van der Waals surface area contributed by atoms with Crippen molar-refractivity contribution in [3.63, 3.8) is 0 Å². The van der Waals surface area contributed by atoms with Crippen molar-refractivity contribution in [3.05, 3.63) is 82.9 Å². The molecular formula is C26H22F3NO3S. The summed E-state index contributed by atoms with van der Waals surface area (Å²) in [5, 5.41) is 8.92. The van der Waals surface area contributed by atoms with Crippen LogP contribution in [0.2, 0.25) is 0 Å². The molecule has 1 N–H and O–H groups in total. The Bertz CT molecular complexity index is 1330. The van der Waals surface area contributed by atoms with Gasteiger partial charge in [-0.2, -0.15) is 13.2 Å². The maximum absolute atomic E-state index is 12.9. The van der Waals surface area contributed by atoms with E-state index >= 15 is 0 Å². The molecule has 4 rings (SSSR count). The van der Waals surface area contributed by atoms with E-state index in [-0.39, 0.29) is 17.6 Å². The Hall–Kier alpha value is -3.26. The van der Waals surface area contributed by atoms with Crippen molar-refractivity contribution >= 4 is 28.8 Å². The zero-order chi connectivity index (χ0) is 24.5. The Morgan fingerprint density at radius 1 is 1.12 bits per heavy atom. The second-order valence-corrected chi connectivity index (χ2v) is 9.45. The van der Waals surface area contributed by atoms with Crippen LogP contribution in [0.5, 0.6) is 0 Å². The lowest BCUT2D eigenvalue weighted by molar-refractivity contribution is -0.138. The lowest BCUT2D eigenvalue weighted by atomic mass is 10.0. The van der Waals surface area contributed by atoms with Crippen molar-refractivity contribution in [1.82, 2.24) is 4.98 Å². The molecule has 0 aliphatic rings. The first-order valence-electron chi connectivity index (χ1n) is 10.7. The van der Waals surface area contributed by atoms with Gasteiger partial charge in [0.25, 0.3) is 0 Å². The lowest BCUT2D eigenvalue weighted by Crippen LogP contribution is -2.03. The van der Waals surface area contributed by atoms with Gasteiger partial charge in [0.1, 0.15) is 5.52 Å². The van der Waals surface area contributed by atoms with Gasteiger partial charge in [0.2, 0.25) is 5.89 Å². The van der Waals surface area contributed by atoms with Crippen LogP contribution in [-0.4, -0.2) is 16.1 Å². The van der Waals surface area contributed by atoms with E-state index in [0.29, 0.717) is 23.1 Å². The number of nitrogens with zero attached hydrogens (tertiary/aromatic N) is 1. The van der Waals surface area contributed by atoms with E-state index in [4.69, 9.17) is 9.52 Å². The second kappa shape index (κ2) is 9.54. The van der Waals surface area contributed by atoms with E-state index in [2.05, 4.69) is 4.98 Å². The number of fused-ring (bicyclic) bond motifs is 1. The van der Waals surface area contributed by atoms with Gasteiger partial charge in [-0.1, -0.05) is 18.2 Å². The van der Waals surface area contributed by atoms with E-state index in [1.54, 1.807) is 11.8 Å². The van der Waals surface area contributed by atoms with E-state index in [1.165, 1.54) is 12.1 Å². The predicted octanol–water partition coefficient (Wildman–Crippen LogP) is 7.69. The van der Waals surface area contributed by atoms with Crippen molar-refractivity contribution < 1.29 is 27.5 Å². The first kappa shape index (κ1) is 23.9. The lowest BCUT2D eigenvalue weighted by Gasteiger charge is -2.13. The third-order valence-corrected chi connectivity index (χ3v) is 6.71. The van der Waals surface area contributed by atoms with Gasteiger partial charge in [0, 0.05) is 27.7 Å². The topological polar surface area (TPSA) is 63.3 Å². The molecule has 8 heteroatoms. The van der Waals surface area contributed by atoms with Crippen LogP contribution >= 0.6 is 11.8 Å². The minimum absolute atomic E-state index is 0.0152. The van der Waals surface area contributed by atoms with Crippen molar-refractivity contribution in [3.8, 4) is 11.5 Å². The predicted molar refractivity (Wildman–Crippen MR) is 126 cm³/mol. The van der Waals surface area contributed by atoms with Crippen LogP contribution in [0.3, 0.4) is 0 Å². The molecule has 4 nitrogen and oxygen atoms in total. The Morgan fingerprint density at radius 3 is 2.50 bits per heavy atom. The van der Waals surface area contributed by atoms with E-state index < -0.39 is 17.7 Å². The quantitative estimate of drug-likeness (QED) is 0.272. The monoisotopic (exact) mass is 485 g/mol. The van der Waals surface area contributed by atoms with Crippen molar-refractivity contribution in [2.45, 2.75) is 43.0 Å². The number of aryl methyl sites for hydroxylation is 2. The summed E-state index contributed by atoms with van der Waals surface area (Å²) in [6, 6.07) is 16.4. The summed E-state index contributed by atoms with van der Waals surface area (Å²) in [5.41, 5.74) is 3.98. The number of carboxylic acid groups (broad SMARTS) is 1. The van der Waals surface area contributed by atoms with Crippen LogP contribution in [0.15, 0.2) is 70.0 Å². The number of halogens is 3. The van der Waals surface area contributed by atoms with Crippen molar-refractivity contribution in [1.29, 1.82) is 0 Å². The summed E-state index contributed by atoms with van der Waals surface area (Å²) in [7, 11) is 0. The van der Waals surface area contributed by atoms with Crippen molar-refractivity contribution in [2.75, 3.05) is 0 Å². The van der Waals surface area contributed by atoms with Crippen LogP contribution in [-0.2, 0) is 17.4 Å². The van der Waals surface area contributed by atoms with Gasteiger partial charge in [0.05, 0.1) is 5.56 Å². The highest BCUT2D eigenvalue weighted by Crippen LogP contribution is 2.40. The average Bonchev–Trinajstić information content (AvgIpc) is 3.22. The number of alkyl halides is 3. The summed E-state index contributed by atoms with van der Waals surface area (Å²) in [6.45, 7) is 4.02. The number of hydrogen-bond acceptors (Lipinski definition) is 4. The molecule has 1 unspecified atom stereocenters. The largest absolute Gasteiger partial charge is 0.481 e. The number of aliphatic carboxylic acids is 1. The molecule has 0 bridgehead atoms. The zero-order valence-corrected chi connectivity index (χ0v) is 19.3. The van der Waals surface area contributed by atoms with Crippen molar-refractivity contribution in [2.24, 2.45) is 0 Å². The van der Waals surface area contributed by atoms with E-state index in [1.807, 2.05) is 50.2 Å². The van der Waals surface area contributed by atoms with Crippen LogP contribution in [0, 0.1) is 6.92 Å². The molecule has 176 valence electrons. The molecule has 1 atom stereocenters. The molecular weight excluding hydrogens is 463 g/mol. The Morgan fingerprint density at radius 2 is 1.85 bits per heavy atom. The minimum Gasteiger partial charge on any atom is -0.481 e. The fourth-order valence-electron chi connectivity index (χ4n) is 3.75. The Kier molecular flexibility index (Phi) is 6.70. The third-order valence-electron chi connectivity index (χ3n) is 5.58. The summed E-state index contributed by atoms with van der Waals surface area (Å²) in [6.07, 6.45) is -3.81. The Labute approximate surface area is 198 Å². The van der Waals surface area contributed by atoms with Gasteiger partial charge >= 0.3 is 12.1 Å². The fraction of sp³-hybridized carbons (Fsp3) is 0.231. The molecule has 1 aromatic heterocycles. The molecule has 0 saturated heterocycles. The molecule has 0 amide bonds. The van der Waals surface area contributed by atoms with Gasteiger partial charge in [-0.15, -0.1) is 11.8 Å². The van der Waals surface area contributed by atoms with Crippen LogP contribution in [0.25, 0.3) is 22.6 Å². The standard InChI is InChI=1S/C26H22F3NO3S/c1-15-14-20(12-8-17(15)9-13-23(31)32)34-16(2)21-4-3-5-22-24(21)33-25(30-22)18-6-10-19(11-7-18)26(27,28)29/h3-8,10-12,14,16H,9,13H2,1-2H3,(H,31,32). The summed E-state index contributed by atoms with van der Waals surface area (Å²) in [4.78, 5) is 16.4. The number of benzene rings is 3. The summed E-state index contributed by atoms with van der Waals surface area (Å²) >= 11 is 1.64. The second-order valence-electron chi connectivity index (χ2n) is 8.03. The maximum atomic E-state index is 12.9. The van der Waals surface area contributed by atoms with E-state index in [9.17, 15) is 18.0 Å². The summed E-state index contributed by atoms with van der Waals surface area (Å²) in [5.74, 6) is -0.547. The first-order valence-corrected chi connectivity index (χ1v) is 11.5. The molecule has 0 spiro atoms. The number of carbonyl (C=O) groups is 1. The van der Waals surface area contributed by atoms with Gasteiger partial charge in [-0.3, -0.25) is 4.79 Å². The maximum Gasteiger partial charge on any atom is 0.416 e. The van der Waals surface area contributed by atoms with Gasteiger partial charge < -0.3 is 9.52 Å². The zero-order valence-electron chi connectivity index (χ0n) is 18.5. The minimum atomic E-state index is -4.40.